The Labute approximate surface area is 112 Å². The maximum atomic E-state index is 12.6. The largest absolute Gasteiger partial charge is 0.416 e. The molecule has 0 radical (unpaired) electrons. The van der Waals surface area contributed by atoms with Gasteiger partial charge in [0.25, 0.3) is 11.7 Å². The van der Waals surface area contributed by atoms with Crippen molar-refractivity contribution in [3.8, 4) is 0 Å². The predicted molar refractivity (Wildman–Crippen MR) is 63.4 cm³/mol. The average molecular weight is 285 g/mol. The molecule has 1 aliphatic heterocycles. The van der Waals surface area contributed by atoms with Crippen molar-refractivity contribution < 1.29 is 27.6 Å². The van der Waals surface area contributed by atoms with Crippen LogP contribution < -0.4 is 4.90 Å². The van der Waals surface area contributed by atoms with Gasteiger partial charge in [-0.1, -0.05) is 6.92 Å². The van der Waals surface area contributed by atoms with Crippen molar-refractivity contribution >= 4 is 23.2 Å². The maximum absolute atomic E-state index is 12.6. The topological polar surface area (TPSA) is 54.5 Å². The van der Waals surface area contributed by atoms with E-state index >= 15 is 0 Å². The minimum Gasteiger partial charge on any atom is -0.298 e. The number of hydrogen-bond acceptors (Lipinski definition) is 3. The van der Waals surface area contributed by atoms with Crippen LogP contribution in [0.1, 0.15) is 29.3 Å². The third-order valence-electron chi connectivity index (χ3n) is 3.03. The number of ketones is 2. The second-order valence-electron chi connectivity index (χ2n) is 4.34. The minimum atomic E-state index is -4.59. The zero-order valence-electron chi connectivity index (χ0n) is 10.5. The van der Waals surface area contributed by atoms with E-state index in [4.69, 9.17) is 0 Å². The zero-order valence-corrected chi connectivity index (χ0v) is 10.5. The number of carbonyl (C=O) groups excluding carboxylic acids is 3. The van der Waals surface area contributed by atoms with Gasteiger partial charge < -0.3 is 0 Å². The van der Waals surface area contributed by atoms with E-state index in [0.717, 1.165) is 17.0 Å². The molecule has 2 rings (SSSR count). The summed E-state index contributed by atoms with van der Waals surface area (Å²) in [7, 11) is 0. The van der Waals surface area contributed by atoms with Gasteiger partial charge in [0, 0.05) is 6.42 Å². The van der Waals surface area contributed by atoms with Crippen molar-refractivity contribution in [2.75, 3.05) is 11.4 Å². The molecule has 0 saturated heterocycles. The maximum Gasteiger partial charge on any atom is 0.416 e. The van der Waals surface area contributed by atoms with Crippen LogP contribution in [0, 0.1) is 0 Å². The van der Waals surface area contributed by atoms with E-state index in [1.807, 2.05) is 0 Å². The molecule has 1 aliphatic rings. The van der Waals surface area contributed by atoms with Gasteiger partial charge in [-0.3, -0.25) is 19.3 Å². The molecule has 7 heteroatoms. The standard InChI is InChI=1S/C13H10F3NO3/c1-2-8(18)6-17-10-4-3-7(13(14,15)16)5-9(10)11(19)12(17)20/h3-5H,2,6H2,1H3. The first-order chi connectivity index (χ1) is 9.25. The lowest BCUT2D eigenvalue weighted by molar-refractivity contribution is -0.137. The molecule has 0 atom stereocenters. The summed E-state index contributed by atoms with van der Waals surface area (Å²) in [5, 5.41) is 0. The van der Waals surface area contributed by atoms with Crippen LogP contribution in [0.15, 0.2) is 18.2 Å². The molecule has 106 valence electrons. The van der Waals surface area contributed by atoms with Crippen LogP contribution in [-0.2, 0) is 15.8 Å². The van der Waals surface area contributed by atoms with Gasteiger partial charge in [-0.15, -0.1) is 0 Å². The second-order valence-corrected chi connectivity index (χ2v) is 4.34. The van der Waals surface area contributed by atoms with Crippen LogP contribution in [0.5, 0.6) is 0 Å². The van der Waals surface area contributed by atoms with Crippen molar-refractivity contribution in [2.24, 2.45) is 0 Å². The Bertz CT molecular complexity index is 607. The van der Waals surface area contributed by atoms with Crippen molar-refractivity contribution in [2.45, 2.75) is 19.5 Å². The van der Waals surface area contributed by atoms with Gasteiger partial charge in [0.15, 0.2) is 5.78 Å². The molecular formula is C13H10F3NO3. The number of carbonyl (C=O) groups is 3. The molecule has 1 aromatic carbocycles. The molecule has 0 N–H and O–H groups in total. The van der Waals surface area contributed by atoms with E-state index in [0.29, 0.717) is 6.07 Å². The number of benzene rings is 1. The summed E-state index contributed by atoms with van der Waals surface area (Å²) < 4.78 is 37.7. The third kappa shape index (κ3) is 2.31. The quantitative estimate of drug-likeness (QED) is 0.800. The first-order valence-electron chi connectivity index (χ1n) is 5.85. The highest BCUT2D eigenvalue weighted by Gasteiger charge is 2.39. The lowest BCUT2D eigenvalue weighted by Crippen LogP contribution is -2.34. The zero-order chi connectivity index (χ0) is 15.1. The Balaban J connectivity index is 2.44. The summed E-state index contributed by atoms with van der Waals surface area (Å²) in [6.45, 7) is 1.29. The lowest BCUT2D eigenvalue weighted by Gasteiger charge is -2.15. The molecule has 0 saturated carbocycles. The smallest absolute Gasteiger partial charge is 0.298 e. The normalized spacial score (nSPS) is 14.7. The van der Waals surface area contributed by atoms with Gasteiger partial charge >= 0.3 is 6.18 Å². The van der Waals surface area contributed by atoms with Crippen LogP contribution in [0.4, 0.5) is 18.9 Å². The van der Waals surface area contributed by atoms with Gasteiger partial charge in [-0.2, -0.15) is 13.2 Å². The van der Waals surface area contributed by atoms with E-state index in [1.165, 1.54) is 0 Å². The van der Waals surface area contributed by atoms with Gasteiger partial charge in [0.2, 0.25) is 0 Å². The van der Waals surface area contributed by atoms with Crippen LogP contribution in [0.3, 0.4) is 0 Å². The van der Waals surface area contributed by atoms with E-state index in [2.05, 4.69) is 0 Å². The average Bonchev–Trinajstić information content (AvgIpc) is 2.62. The summed E-state index contributed by atoms with van der Waals surface area (Å²) in [6.07, 6.45) is -4.42. The fraction of sp³-hybridized carbons (Fsp3) is 0.308. The van der Waals surface area contributed by atoms with Crippen LogP contribution >= 0.6 is 0 Å². The molecule has 4 nitrogen and oxygen atoms in total. The van der Waals surface area contributed by atoms with Crippen LogP contribution in [0.2, 0.25) is 0 Å². The Morgan fingerprint density at radius 2 is 1.90 bits per heavy atom. The fourth-order valence-electron chi connectivity index (χ4n) is 1.92. The van der Waals surface area contributed by atoms with Gasteiger partial charge in [-0.25, -0.2) is 0 Å². The van der Waals surface area contributed by atoms with Crippen molar-refractivity contribution in [3.05, 3.63) is 29.3 Å². The highest BCUT2D eigenvalue weighted by molar-refractivity contribution is 6.52. The number of rotatable bonds is 3. The third-order valence-corrected chi connectivity index (χ3v) is 3.03. The number of nitrogens with zero attached hydrogens (tertiary/aromatic N) is 1. The van der Waals surface area contributed by atoms with E-state index in [-0.39, 0.29) is 30.0 Å². The summed E-state index contributed by atoms with van der Waals surface area (Å²) in [4.78, 5) is 35.7. The van der Waals surface area contributed by atoms with Crippen molar-refractivity contribution in [3.63, 3.8) is 0 Å². The molecule has 0 bridgehead atoms. The Kier molecular flexibility index (Phi) is 3.37. The number of amides is 1. The van der Waals surface area contributed by atoms with Crippen LogP contribution in [-0.4, -0.2) is 24.0 Å². The van der Waals surface area contributed by atoms with E-state index < -0.39 is 23.4 Å². The first-order valence-corrected chi connectivity index (χ1v) is 5.85. The number of anilines is 1. The van der Waals surface area contributed by atoms with E-state index in [1.54, 1.807) is 6.92 Å². The molecule has 0 fully saturated rings. The number of fused-ring (bicyclic) bond motifs is 1. The first kappa shape index (κ1) is 14.2. The highest BCUT2D eigenvalue weighted by Crippen LogP contribution is 2.35. The summed E-state index contributed by atoms with van der Waals surface area (Å²) >= 11 is 0. The molecular weight excluding hydrogens is 275 g/mol. The SMILES string of the molecule is CCC(=O)CN1C(=O)C(=O)c2cc(C(F)(F)F)ccc21. The van der Waals surface area contributed by atoms with E-state index in [9.17, 15) is 27.6 Å². The van der Waals surface area contributed by atoms with Crippen LogP contribution in [0.25, 0.3) is 0 Å². The Morgan fingerprint density at radius 3 is 2.45 bits per heavy atom. The Morgan fingerprint density at radius 1 is 1.25 bits per heavy atom. The summed E-state index contributed by atoms with van der Waals surface area (Å²) in [5.41, 5.74) is -1.26. The molecule has 0 aliphatic carbocycles. The molecule has 1 aromatic rings. The molecule has 20 heavy (non-hydrogen) atoms. The fourth-order valence-corrected chi connectivity index (χ4v) is 1.92. The summed E-state index contributed by atoms with van der Waals surface area (Å²) in [5.74, 6) is -2.27. The minimum absolute atomic E-state index is 0.0507. The predicted octanol–water partition coefficient (Wildman–Crippen LogP) is 2.21. The lowest BCUT2D eigenvalue weighted by atomic mass is 10.1. The molecule has 1 heterocycles. The van der Waals surface area contributed by atoms with Crippen molar-refractivity contribution in [1.82, 2.24) is 0 Å². The number of Topliss-reactive ketones (excluding diaryl/α,β-unsaturated/α-hetero) is 2. The summed E-state index contributed by atoms with van der Waals surface area (Å²) in [6, 6.07) is 2.48. The Hall–Kier alpha value is -2.18. The molecule has 0 spiro atoms. The second kappa shape index (κ2) is 4.73. The number of hydrogen-bond donors (Lipinski definition) is 0. The number of halogens is 3. The molecule has 0 aromatic heterocycles. The van der Waals surface area contributed by atoms with Gasteiger partial charge in [-0.05, 0) is 18.2 Å². The molecule has 1 amide bonds. The monoisotopic (exact) mass is 285 g/mol. The molecule has 0 unspecified atom stereocenters. The number of alkyl halides is 3. The van der Waals surface area contributed by atoms with Gasteiger partial charge in [0.1, 0.15) is 0 Å². The van der Waals surface area contributed by atoms with Crippen molar-refractivity contribution in [1.29, 1.82) is 0 Å². The van der Waals surface area contributed by atoms with Gasteiger partial charge in [0.05, 0.1) is 23.4 Å². The highest BCUT2D eigenvalue weighted by atomic mass is 19.4.